The van der Waals surface area contributed by atoms with E-state index in [1.165, 1.54) is 5.69 Å². The first-order valence-corrected chi connectivity index (χ1v) is 3.05. The van der Waals surface area contributed by atoms with Crippen molar-refractivity contribution >= 4 is 0 Å². The van der Waals surface area contributed by atoms with Gasteiger partial charge in [0.05, 0.1) is 18.6 Å². The van der Waals surface area contributed by atoms with Crippen LogP contribution in [0.2, 0.25) is 0 Å². The highest BCUT2D eigenvalue weighted by atomic mass is 15.5. The van der Waals surface area contributed by atoms with Gasteiger partial charge in [-0.15, -0.1) is 5.10 Å². The van der Waals surface area contributed by atoms with Crippen LogP contribution in [0.5, 0.6) is 0 Å². The van der Waals surface area contributed by atoms with Gasteiger partial charge in [0.2, 0.25) is 0 Å². The van der Waals surface area contributed by atoms with Gasteiger partial charge in [0.15, 0.2) is 0 Å². The van der Waals surface area contributed by atoms with E-state index in [4.69, 9.17) is 0 Å². The Kier molecular flexibility index (Phi) is 0.989. The first kappa shape index (κ1) is 4.93. The molecule has 0 aliphatic carbocycles. The Morgan fingerprint density at radius 1 is 1.67 bits per heavy atom. The van der Waals surface area contributed by atoms with Crippen LogP contribution in [-0.4, -0.2) is 21.5 Å². The fourth-order valence-corrected chi connectivity index (χ4v) is 1.01. The Bertz CT molecular complexity index is 184. The molecule has 2 rings (SSSR count). The zero-order valence-corrected chi connectivity index (χ0v) is 5.04. The van der Waals surface area contributed by atoms with E-state index in [2.05, 4.69) is 15.6 Å². The number of hydrogen-bond acceptors (Lipinski definition) is 3. The first-order valence-electron chi connectivity index (χ1n) is 3.05. The van der Waals surface area contributed by atoms with Crippen molar-refractivity contribution in [2.75, 3.05) is 6.54 Å². The minimum absolute atomic E-state index is 0.815. The molecule has 1 aliphatic heterocycles. The van der Waals surface area contributed by atoms with Gasteiger partial charge in [-0.3, -0.25) is 5.32 Å². The molecule has 1 aliphatic rings. The smallest absolute Gasteiger partial charge is 0.0924 e. The molecule has 0 amide bonds. The summed E-state index contributed by atoms with van der Waals surface area (Å²) in [5.41, 5.74) is 1.23. The highest BCUT2D eigenvalue weighted by molar-refractivity contribution is 4.96. The Hall–Kier alpha value is -0.900. The molecule has 9 heavy (non-hydrogen) atoms. The number of nitrogens with one attached hydrogen (secondary N) is 1. The summed E-state index contributed by atoms with van der Waals surface area (Å²) < 4.78 is 1.88. The van der Waals surface area contributed by atoms with E-state index < -0.39 is 0 Å². The summed E-state index contributed by atoms with van der Waals surface area (Å²) in [4.78, 5) is 0. The van der Waals surface area contributed by atoms with E-state index in [0.717, 1.165) is 19.6 Å². The lowest BCUT2D eigenvalue weighted by Gasteiger charge is -2.12. The molecule has 1 aromatic rings. The second-order valence-electron chi connectivity index (χ2n) is 2.13. The molecule has 4 nitrogen and oxygen atoms in total. The Balaban J connectivity index is 2.39. The summed E-state index contributed by atoms with van der Waals surface area (Å²) in [6, 6.07) is 0. The molecule has 1 N–H and O–H groups in total. The predicted molar refractivity (Wildman–Crippen MR) is 31.7 cm³/mol. The van der Waals surface area contributed by atoms with Crippen molar-refractivity contribution in [2.24, 2.45) is 0 Å². The topological polar surface area (TPSA) is 42.7 Å². The van der Waals surface area contributed by atoms with E-state index >= 15 is 0 Å². The summed E-state index contributed by atoms with van der Waals surface area (Å²) in [7, 11) is 0. The van der Waals surface area contributed by atoms with Gasteiger partial charge in [-0.2, -0.15) is 0 Å². The van der Waals surface area contributed by atoms with Gasteiger partial charge >= 0.3 is 0 Å². The largest absolute Gasteiger partial charge is 0.298 e. The van der Waals surface area contributed by atoms with Crippen molar-refractivity contribution in [1.82, 2.24) is 20.3 Å². The minimum atomic E-state index is 0.815. The minimum Gasteiger partial charge on any atom is -0.298 e. The number of rotatable bonds is 0. The van der Waals surface area contributed by atoms with Crippen LogP contribution in [0.25, 0.3) is 0 Å². The van der Waals surface area contributed by atoms with Gasteiger partial charge in [0, 0.05) is 13.0 Å². The highest BCUT2D eigenvalue weighted by Crippen LogP contribution is 1.99. The monoisotopic (exact) mass is 124 g/mol. The zero-order valence-electron chi connectivity index (χ0n) is 5.04. The van der Waals surface area contributed by atoms with Crippen LogP contribution >= 0.6 is 0 Å². The molecular weight excluding hydrogens is 116 g/mol. The molecular formula is C5H8N4. The lowest BCUT2D eigenvalue weighted by molar-refractivity contribution is 0.444. The number of fused-ring (bicyclic) bond motifs is 1. The van der Waals surface area contributed by atoms with E-state index in [1.807, 2.05) is 10.9 Å². The van der Waals surface area contributed by atoms with Gasteiger partial charge in [-0.05, 0) is 0 Å². The Morgan fingerprint density at radius 3 is 3.56 bits per heavy atom. The fourth-order valence-electron chi connectivity index (χ4n) is 1.01. The SMILES string of the molecule is c1nnn2c1CCNC2. The third-order valence-corrected chi connectivity index (χ3v) is 1.52. The van der Waals surface area contributed by atoms with E-state index in [-0.39, 0.29) is 0 Å². The van der Waals surface area contributed by atoms with Crippen LogP contribution in [0.4, 0.5) is 0 Å². The van der Waals surface area contributed by atoms with E-state index in [0.29, 0.717) is 0 Å². The molecule has 0 radical (unpaired) electrons. The first-order chi connectivity index (χ1) is 4.47. The van der Waals surface area contributed by atoms with Crippen molar-refractivity contribution in [1.29, 1.82) is 0 Å². The van der Waals surface area contributed by atoms with Gasteiger partial charge in [0.25, 0.3) is 0 Å². The highest BCUT2D eigenvalue weighted by Gasteiger charge is 2.06. The fraction of sp³-hybridized carbons (Fsp3) is 0.600. The van der Waals surface area contributed by atoms with Crippen molar-refractivity contribution in [3.05, 3.63) is 11.9 Å². The average Bonchev–Trinajstić information content (AvgIpc) is 2.33. The Labute approximate surface area is 52.9 Å². The molecule has 0 saturated heterocycles. The molecule has 0 fully saturated rings. The third-order valence-electron chi connectivity index (χ3n) is 1.52. The summed E-state index contributed by atoms with van der Waals surface area (Å²) in [6.07, 6.45) is 2.87. The van der Waals surface area contributed by atoms with Crippen LogP contribution in [-0.2, 0) is 13.1 Å². The molecule has 2 heterocycles. The molecule has 0 unspecified atom stereocenters. The van der Waals surface area contributed by atoms with Gasteiger partial charge in [-0.1, -0.05) is 5.21 Å². The van der Waals surface area contributed by atoms with Crippen LogP contribution in [0.1, 0.15) is 5.69 Å². The zero-order chi connectivity index (χ0) is 6.10. The Morgan fingerprint density at radius 2 is 2.67 bits per heavy atom. The molecule has 1 aromatic heterocycles. The van der Waals surface area contributed by atoms with Gasteiger partial charge in [0.1, 0.15) is 0 Å². The van der Waals surface area contributed by atoms with Crippen molar-refractivity contribution < 1.29 is 0 Å². The van der Waals surface area contributed by atoms with Crippen LogP contribution < -0.4 is 5.32 Å². The van der Waals surface area contributed by atoms with Crippen molar-refractivity contribution in [3.8, 4) is 0 Å². The lowest BCUT2D eigenvalue weighted by atomic mass is 10.3. The second-order valence-corrected chi connectivity index (χ2v) is 2.13. The number of nitrogens with zero attached hydrogens (tertiary/aromatic N) is 3. The molecule has 0 atom stereocenters. The van der Waals surface area contributed by atoms with Crippen LogP contribution in [0.15, 0.2) is 6.20 Å². The maximum absolute atomic E-state index is 3.86. The standard InChI is InChI=1S/C5H8N4/c1-2-6-4-9-5(1)3-7-8-9/h3,6H,1-2,4H2. The summed E-state index contributed by atoms with van der Waals surface area (Å²) in [6.45, 7) is 1.86. The summed E-state index contributed by atoms with van der Waals surface area (Å²) in [5.74, 6) is 0. The molecule has 0 bridgehead atoms. The molecule has 4 heteroatoms. The van der Waals surface area contributed by atoms with Crippen LogP contribution in [0.3, 0.4) is 0 Å². The number of hydrogen-bond donors (Lipinski definition) is 1. The van der Waals surface area contributed by atoms with Crippen molar-refractivity contribution in [3.63, 3.8) is 0 Å². The molecule has 0 saturated carbocycles. The maximum Gasteiger partial charge on any atom is 0.0924 e. The summed E-state index contributed by atoms with van der Waals surface area (Å²) in [5, 5.41) is 10.8. The van der Waals surface area contributed by atoms with Crippen molar-refractivity contribution in [2.45, 2.75) is 13.1 Å². The number of aromatic nitrogens is 3. The van der Waals surface area contributed by atoms with Gasteiger partial charge < -0.3 is 0 Å². The van der Waals surface area contributed by atoms with E-state index in [1.54, 1.807) is 0 Å². The lowest BCUT2D eigenvalue weighted by Crippen LogP contribution is -2.29. The maximum atomic E-state index is 3.86. The second kappa shape index (κ2) is 1.80. The average molecular weight is 124 g/mol. The normalized spacial score (nSPS) is 17.3. The third kappa shape index (κ3) is 0.712. The van der Waals surface area contributed by atoms with E-state index in [9.17, 15) is 0 Å². The molecule has 48 valence electrons. The summed E-state index contributed by atoms with van der Waals surface area (Å²) >= 11 is 0. The molecule has 0 aromatic carbocycles. The quantitative estimate of drug-likeness (QED) is 0.501. The van der Waals surface area contributed by atoms with Gasteiger partial charge in [-0.25, -0.2) is 4.68 Å². The molecule has 0 spiro atoms. The predicted octanol–water partition coefficient (Wildman–Crippen LogP) is -0.619. The van der Waals surface area contributed by atoms with Crippen LogP contribution in [0, 0.1) is 0 Å².